The average Bonchev–Trinajstić information content (AvgIpc) is 1.97. The standard InChI is InChI=1S/C13H22B2/c1-9-4-10-6-11(5-9)8-12(2,7-10)13(3,14)15/h9-11H,4-8H2,1-3H3. The van der Waals surface area contributed by atoms with Gasteiger partial charge in [0.25, 0.3) is 0 Å². The van der Waals surface area contributed by atoms with Gasteiger partial charge in [-0.1, -0.05) is 26.0 Å². The number of hydrogen-bond donors (Lipinski definition) is 0. The van der Waals surface area contributed by atoms with E-state index in [1.165, 1.54) is 32.1 Å². The zero-order valence-electron chi connectivity index (χ0n) is 10.4. The second-order valence-electron chi connectivity index (χ2n) is 6.80. The van der Waals surface area contributed by atoms with Crippen molar-refractivity contribution in [2.45, 2.75) is 58.1 Å². The first kappa shape index (κ1) is 11.6. The van der Waals surface area contributed by atoms with E-state index in [0.717, 1.165) is 17.8 Å². The van der Waals surface area contributed by atoms with E-state index in [4.69, 9.17) is 15.7 Å². The smallest absolute Gasteiger partial charge is 0.0624 e. The van der Waals surface area contributed by atoms with Crippen molar-refractivity contribution >= 4 is 15.7 Å². The highest BCUT2D eigenvalue weighted by Crippen LogP contribution is 2.57. The fraction of sp³-hybridized carbons (Fsp3) is 1.00. The van der Waals surface area contributed by atoms with Crippen LogP contribution in [0.15, 0.2) is 0 Å². The van der Waals surface area contributed by atoms with Crippen molar-refractivity contribution in [3.63, 3.8) is 0 Å². The molecule has 2 rings (SSSR count). The Balaban J connectivity index is 2.14. The van der Waals surface area contributed by atoms with Crippen LogP contribution in [-0.2, 0) is 0 Å². The van der Waals surface area contributed by atoms with Crippen LogP contribution in [0.3, 0.4) is 0 Å². The van der Waals surface area contributed by atoms with Crippen LogP contribution in [0.1, 0.15) is 52.9 Å². The number of hydrogen-bond acceptors (Lipinski definition) is 0. The first-order chi connectivity index (χ1) is 6.80. The molecule has 0 N–H and O–H groups in total. The van der Waals surface area contributed by atoms with Crippen molar-refractivity contribution in [2.75, 3.05) is 0 Å². The molecule has 80 valence electrons. The Morgan fingerprint density at radius 2 is 1.53 bits per heavy atom. The largest absolute Gasteiger partial charge is 0.0965 e. The molecule has 0 aromatic heterocycles. The summed E-state index contributed by atoms with van der Waals surface area (Å²) >= 11 is 0. The Kier molecular flexibility index (Phi) is 2.76. The third kappa shape index (κ3) is 2.15. The Morgan fingerprint density at radius 1 is 1.07 bits per heavy atom. The normalized spacial score (nSPS) is 46.5. The number of rotatable bonds is 1. The van der Waals surface area contributed by atoms with Crippen molar-refractivity contribution in [1.82, 2.24) is 0 Å². The van der Waals surface area contributed by atoms with Crippen molar-refractivity contribution in [3.8, 4) is 0 Å². The third-order valence-corrected chi connectivity index (χ3v) is 4.92. The molecule has 15 heavy (non-hydrogen) atoms. The molecule has 2 aliphatic rings. The maximum atomic E-state index is 6.16. The van der Waals surface area contributed by atoms with Gasteiger partial charge in [0.2, 0.25) is 0 Å². The quantitative estimate of drug-likeness (QED) is 0.569. The minimum absolute atomic E-state index is 0.153. The predicted octanol–water partition coefficient (Wildman–Crippen LogP) is 3.31. The Bertz CT molecular complexity index is 223. The maximum absolute atomic E-state index is 6.16. The lowest BCUT2D eigenvalue weighted by Gasteiger charge is -2.54. The van der Waals surface area contributed by atoms with E-state index in [9.17, 15) is 0 Å². The van der Waals surface area contributed by atoms with E-state index in [0.29, 0.717) is 0 Å². The van der Waals surface area contributed by atoms with Gasteiger partial charge in [-0.15, -0.1) is 0 Å². The monoisotopic (exact) mass is 200 g/mol. The fourth-order valence-electron chi connectivity index (χ4n) is 4.03. The molecule has 0 amide bonds. The molecule has 0 aromatic rings. The first-order valence-electron chi connectivity index (χ1n) is 6.38. The molecular weight excluding hydrogens is 178 g/mol. The summed E-state index contributed by atoms with van der Waals surface area (Å²) in [7, 11) is 12.3. The van der Waals surface area contributed by atoms with Gasteiger partial charge in [0.15, 0.2) is 0 Å². The second kappa shape index (κ2) is 3.57. The molecule has 0 spiro atoms. The van der Waals surface area contributed by atoms with Gasteiger partial charge >= 0.3 is 0 Å². The summed E-state index contributed by atoms with van der Waals surface area (Å²) in [6.07, 6.45) is 6.68. The molecule has 2 bridgehead atoms. The van der Waals surface area contributed by atoms with Crippen LogP contribution < -0.4 is 0 Å². The average molecular weight is 200 g/mol. The fourth-order valence-corrected chi connectivity index (χ4v) is 4.03. The summed E-state index contributed by atoms with van der Waals surface area (Å²) in [5, 5.41) is -0.509. The summed E-state index contributed by atoms with van der Waals surface area (Å²) in [6, 6.07) is 0. The third-order valence-electron chi connectivity index (χ3n) is 4.92. The highest BCUT2D eigenvalue weighted by molar-refractivity contribution is 6.40. The predicted molar refractivity (Wildman–Crippen MR) is 67.2 cm³/mol. The zero-order chi connectivity index (χ0) is 11.3. The lowest BCUT2D eigenvalue weighted by molar-refractivity contribution is 0.0365. The van der Waals surface area contributed by atoms with Crippen LogP contribution in [0.4, 0.5) is 0 Å². The minimum atomic E-state index is -0.509. The van der Waals surface area contributed by atoms with E-state index in [-0.39, 0.29) is 5.41 Å². The topological polar surface area (TPSA) is 0 Å². The molecule has 2 saturated carbocycles. The first-order valence-corrected chi connectivity index (χ1v) is 6.38. The Hall–Kier alpha value is 0.130. The molecule has 2 fully saturated rings. The van der Waals surface area contributed by atoms with E-state index in [2.05, 4.69) is 13.8 Å². The van der Waals surface area contributed by atoms with Crippen LogP contribution in [-0.4, -0.2) is 15.7 Å². The van der Waals surface area contributed by atoms with E-state index in [1.54, 1.807) is 0 Å². The van der Waals surface area contributed by atoms with Crippen LogP contribution in [0.25, 0.3) is 0 Å². The molecule has 4 radical (unpaired) electrons. The molecule has 2 heteroatoms. The molecule has 2 atom stereocenters. The minimum Gasteiger partial charge on any atom is -0.0965 e. The number of fused-ring (bicyclic) bond motifs is 2. The molecule has 0 heterocycles. The van der Waals surface area contributed by atoms with E-state index in [1.807, 2.05) is 6.92 Å². The van der Waals surface area contributed by atoms with Gasteiger partial charge < -0.3 is 0 Å². The van der Waals surface area contributed by atoms with Crippen molar-refractivity contribution in [2.24, 2.45) is 23.2 Å². The molecule has 0 aliphatic heterocycles. The SMILES string of the molecule is [B]C([B])(C)C1(C)CC2CC(C)CC(C2)C1. The molecule has 0 saturated heterocycles. The van der Waals surface area contributed by atoms with Gasteiger partial charge in [-0.3, -0.25) is 0 Å². The van der Waals surface area contributed by atoms with Gasteiger partial charge in [0.1, 0.15) is 0 Å². The molecule has 2 unspecified atom stereocenters. The van der Waals surface area contributed by atoms with Crippen LogP contribution >= 0.6 is 0 Å². The lowest BCUT2D eigenvalue weighted by Crippen LogP contribution is -2.43. The summed E-state index contributed by atoms with van der Waals surface area (Å²) < 4.78 is 0. The summed E-state index contributed by atoms with van der Waals surface area (Å²) in [5.41, 5.74) is 0.153. The Labute approximate surface area is 97.4 Å². The maximum Gasteiger partial charge on any atom is 0.0624 e. The van der Waals surface area contributed by atoms with Gasteiger partial charge in [-0.2, -0.15) is 0 Å². The van der Waals surface area contributed by atoms with Crippen molar-refractivity contribution in [3.05, 3.63) is 0 Å². The summed E-state index contributed by atoms with van der Waals surface area (Å²) in [4.78, 5) is 0. The zero-order valence-corrected chi connectivity index (χ0v) is 10.4. The molecule has 0 nitrogen and oxygen atoms in total. The summed E-state index contributed by atoms with van der Waals surface area (Å²) in [6.45, 7) is 6.69. The molecule has 0 aromatic carbocycles. The van der Waals surface area contributed by atoms with Crippen LogP contribution in [0.5, 0.6) is 0 Å². The van der Waals surface area contributed by atoms with Crippen LogP contribution in [0, 0.1) is 23.2 Å². The lowest BCUT2D eigenvalue weighted by atomic mass is 9.38. The summed E-state index contributed by atoms with van der Waals surface area (Å²) in [5.74, 6) is 2.67. The molecular formula is C13H22B2. The second-order valence-corrected chi connectivity index (χ2v) is 6.80. The molecule has 2 aliphatic carbocycles. The van der Waals surface area contributed by atoms with Gasteiger partial charge in [0, 0.05) is 0 Å². The van der Waals surface area contributed by atoms with Crippen molar-refractivity contribution in [1.29, 1.82) is 0 Å². The van der Waals surface area contributed by atoms with E-state index >= 15 is 0 Å². The Morgan fingerprint density at radius 3 is 1.93 bits per heavy atom. The highest BCUT2D eigenvalue weighted by atomic mass is 14.5. The van der Waals surface area contributed by atoms with Crippen molar-refractivity contribution < 1.29 is 0 Å². The van der Waals surface area contributed by atoms with Gasteiger partial charge in [-0.05, 0) is 55.3 Å². The van der Waals surface area contributed by atoms with E-state index < -0.39 is 5.21 Å². The van der Waals surface area contributed by atoms with Gasteiger partial charge in [0.05, 0.1) is 15.7 Å². The highest BCUT2D eigenvalue weighted by Gasteiger charge is 2.45. The van der Waals surface area contributed by atoms with Crippen LogP contribution in [0.2, 0.25) is 5.21 Å². The van der Waals surface area contributed by atoms with Gasteiger partial charge in [-0.25, -0.2) is 0 Å².